The second kappa shape index (κ2) is 4.06. The van der Waals surface area contributed by atoms with Crippen LogP contribution in [-0.2, 0) is 11.2 Å². The van der Waals surface area contributed by atoms with Gasteiger partial charge in [-0.3, -0.25) is 4.79 Å². The first-order chi connectivity index (χ1) is 7.72. The predicted octanol–water partition coefficient (Wildman–Crippen LogP) is 1.35. The van der Waals surface area contributed by atoms with Gasteiger partial charge in [0.1, 0.15) is 10.9 Å². The summed E-state index contributed by atoms with van der Waals surface area (Å²) in [6.07, 6.45) is 1.05. The summed E-state index contributed by atoms with van der Waals surface area (Å²) < 4.78 is 5.25. The Bertz CT molecular complexity index is 600. The molecule has 2 aromatic rings. The van der Waals surface area contributed by atoms with Crippen LogP contribution in [0.3, 0.4) is 0 Å². The van der Waals surface area contributed by atoms with Crippen molar-refractivity contribution < 1.29 is 19.5 Å². The van der Waals surface area contributed by atoms with E-state index in [0.29, 0.717) is 16.5 Å². The predicted molar refractivity (Wildman–Crippen MR) is 54.9 cm³/mol. The van der Waals surface area contributed by atoms with E-state index in [1.165, 1.54) is 6.26 Å². The molecule has 0 saturated carbocycles. The van der Waals surface area contributed by atoms with Gasteiger partial charge in [-0.2, -0.15) is 0 Å². The maximum atomic E-state index is 10.6. The minimum atomic E-state index is -1.00. The third kappa shape index (κ3) is 1.75. The highest BCUT2D eigenvalue weighted by atomic mass is 16.4. The second-order valence-electron chi connectivity index (χ2n) is 3.28. The summed E-state index contributed by atoms with van der Waals surface area (Å²) in [6.45, 7) is 0. The zero-order chi connectivity index (χ0) is 11.5. The number of fused-ring (bicyclic) bond motifs is 1. The summed E-state index contributed by atoms with van der Waals surface area (Å²) >= 11 is 0. The Kier molecular flexibility index (Phi) is 2.59. The molecule has 1 aromatic heterocycles. The normalized spacial score (nSPS) is 11.9. The molecule has 0 fully saturated rings. The number of carboxylic acids is 1. The van der Waals surface area contributed by atoms with Crippen LogP contribution in [0.5, 0.6) is 0 Å². The Morgan fingerprint density at radius 2 is 2.12 bits per heavy atom. The fourth-order valence-electron chi connectivity index (χ4n) is 1.53. The highest BCUT2D eigenvalue weighted by Crippen LogP contribution is 2.10. The van der Waals surface area contributed by atoms with E-state index < -0.39 is 5.97 Å². The number of hydrogen-bond acceptors (Lipinski definition) is 4. The SMILES string of the molecule is O=C(O)Cc1coc2ccccc2/c1=N/O. The molecule has 0 bridgehead atoms. The van der Waals surface area contributed by atoms with Crippen molar-refractivity contribution in [2.24, 2.45) is 5.16 Å². The molecular weight excluding hydrogens is 210 g/mol. The van der Waals surface area contributed by atoms with Gasteiger partial charge in [-0.1, -0.05) is 17.3 Å². The Balaban J connectivity index is 2.74. The van der Waals surface area contributed by atoms with E-state index in [4.69, 9.17) is 14.7 Å². The lowest BCUT2D eigenvalue weighted by atomic mass is 10.1. The molecule has 0 unspecified atom stereocenters. The van der Waals surface area contributed by atoms with E-state index in [0.717, 1.165) is 0 Å². The van der Waals surface area contributed by atoms with Crippen molar-refractivity contribution in [2.45, 2.75) is 6.42 Å². The van der Waals surface area contributed by atoms with Crippen LogP contribution in [0, 0.1) is 0 Å². The van der Waals surface area contributed by atoms with Gasteiger partial charge in [0.25, 0.3) is 0 Å². The van der Waals surface area contributed by atoms with Gasteiger partial charge in [-0.05, 0) is 12.1 Å². The van der Waals surface area contributed by atoms with E-state index >= 15 is 0 Å². The highest BCUT2D eigenvalue weighted by molar-refractivity contribution is 5.78. The maximum Gasteiger partial charge on any atom is 0.308 e. The molecule has 0 spiro atoms. The largest absolute Gasteiger partial charge is 0.481 e. The lowest BCUT2D eigenvalue weighted by molar-refractivity contribution is -0.136. The molecule has 1 aromatic carbocycles. The van der Waals surface area contributed by atoms with Crippen LogP contribution in [0.25, 0.3) is 11.0 Å². The van der Waals surface area contributed by atoms with Crippen LogP contribution in [0.1, 0.15) is 5.56 Å². The average molecular weight is 219 g/mol. The van der Waals surface area contributed by atoms with Gasteiger partial charge in [0.15, 0.2) is 0 Å². The molecule has 5 nitrogen and oxygen atoms in total. The smallest absolute Gasteiger partial charge is 0.308 e. The zero-order valence-electron chi connectivity index (χ0n) is 8.25. The van der Waals surface area contributed by atoms with Gasteiger partial charge in [0.05, 0.1) is 12.7 Å². The van der Waals surface area contributed by atoms with E-state index in [2.05, 4.69) is 5.16 Å². The summed E-state index contributed by atoms with van der Waals surface area (Å²) in [4.78, 5) is 10.6. The van der Waals surface area contributed by atoms with E-state index in [9.17, 15) is 4.79 Å². The van der Waals surface area contributed by atoms with Gasteiger partial charge in [-0.25, -0.2) is 0 Å². The van der Waals surface area contributed by atoms with Crippen LogP contribution in [0.2, 0.25) is 0 Å². The molecule has 0 radical (unpaired) electrons. The molecule has 16 heavy (non-hydrogen) atoms. The maximum absolute atomic E-state index is 10.6. The van der Waals surface area contributed by atoms with Crippen LogP contribution < -0.4 is 5.36 Å². The summed E-state index contributed by atoms with van der Waals surface area (Å²) in [6, 6.07) is 6.97. The zero-order valence-corrected chi connectivity index (χ0v) is 8.25. The first-order valence-electron chi connectivity index (χ1n) is 4.61. The Morgan fingerprint density at radius 1 is 1.38 bits per heavy atom. The van der Waals surface area contributed by atoms with Crippen molar-refractivity contribution in [1.82, 2.24) is 0 Å². The van der Waals surface area contributed by atoms with E-state index in [1.54, 1.807) is 24.3 Å². The third-order valence-corrected chi connectivity index (χ3v) is 2.22. The molecule has 0 aliphatic heterocycles. The first kappa shape index (κ1) is 10.2. The minimum absolute atomic E-state index is 0.240. The quantitative estimate of drug-likeness (QED) is 0.590. The molecule has 82 valence electrons. The number of aliphatic carboxylic acids is 1. The number of carbonyl (C=O) groups is 1. The van der Waals surface area contributed by atoms with E-state index in [-0.39, 0.29) is 11.8 Å². The lowest BCUT2D eigenvalue weighted by Crippen LogP contribution is -2.14. The summed E-state index contributed by atoms with van der Waals surface area (Å²) in [7, 11) is 0. The Morgan fingerprint density at radius 3 is 2.81 bits per heavy atom. The van der Waals surface area contributed by atoms with Crippen LogP contribution in [0.15, 0.2) is 40.1 Å². The third-order valence-electron chi connectivity index (χ3n) is 2.22. The Labute approximate surface area is 90.2 Å². The van der Waals surface area contributed by atoms with Gasteiger partial charge in [0.2, 0.25) is 0 Å². The summed E-state index contributed by atoms with van der Waals surface area (Å²) in [5.74, 6) is -1.00. The van der Waals surface area contributed by atoms with Crippen molar-refractivity contribution in [2.75, 3.05) is 0 Å². The van der Waals surface area contributed by atoms with Crippen molar-refractivity contribution >= 4 is 16.9 Å². The summed E-state index contributed by atoms with van der Waals surface area (Å²) in [5, 5.41) is 21.6. The van der Waals surface area contributed by atoms with Crippen LogP contribution in [-0.4, -0.2) is 16.3 Å². The molecular formula is C11H9NO4. The molecule has 0 amide bonds. The number of carboxylic acid groups (broad SMARTS) is 1. The minimum Gasteiger partial charge on any atom is -0.481 e. The van der Waals surface area contributed by atoms with E-state index in [1.807, 2.05) is 0 Å². The molecule has 0 aliphatic rings. The fourth-order valence-corrected chi connectivity index (χ4v) is 1.53. The van der Waals surface area contributed by atoms with Crippen LogP contribution >= 0.6 is 0 Å². The van der Waals surface area contributed by atoms with Gasteiger partial charge >= 0.3 is 5.97 Å². The molecule has 2 rings (SSSR count). The molecule has 5 heteroatoms. The molecule has 2 N–H and O–H groups in total. The number of benzene rings is 1. The van der Waals surface area contributed by atoms with Crippen LogP contribution in [0.4, 0.5) is 0 Å². The first-order valence-corrected chi connectivity index (χ1v) is 4.61. The standard InChI is InChI=1S/C11H9NO4/c13-10(14)5-7-6-16-9-4-2-1-3-8(9)11(7)12-15/h1-4,6,15H,5H2,(H,13,14)/b12-11+. The summed E-state index contributed by atoms with van der Waals surface area (Å²) in [5.41, 5.74) is 0.887. The monoisotopic (exact) mass is 219 g/mol. The molecule has 0 atom stereocenters. The van der Waals surface area contributed by atoms with Gasteiger partial charge < -0.3 is 14.7 Å². The average Bonchev–Trinajstić information content (AvgIpc) is 2.28. The number of nitrogens with zero attached hydrogens (tertiary/aromatic N) is 1. The molecule has 1 heterocycles. The van der Waals surface area contributed by atoms with Gasteiger partial charge in [-0.15, -0.1) is 0 Å². The number of para-hydroxylation sites is 1. The number of hydrogen-bond donors (Lipinski definition) is 2. The molecule has 0 aliphatic carbocycles. The van der Waals surface area contributed by atoms with Gasteiger partial charge in [0, 0.05) is 10.9 Å². The second-order valence-corrected chi connectivity index (χ2v) is 3.28. The lowest BCUT2D eigenvalue weighted by Gasteiger charge is -2.01. The molecule has 0 saturated heterocycles. The topological polar surface area (TPSA) is 83.0 Å². The highest BCUT2D eigenvalue weighted by Gasteiger charge is 2.08. The fraction of sp³-hybridized carbons (Fsp3) is 0.0909. The van der Waals surface area contributed by atoms with Crippen molar-refractivity contribution in [3.8, 4) is 0 Å². The van der Waals surface area contributed by atoms with Crippen molar-refractivity contribution in [3.63, 3.8) is 0 Å². The van der Waals surface area contributed by atoms with Crippen molar-refractivity contribution in [3.05, 3.63) is 41.4 Å². The van der Waals surface area contributed by atoms with Crippen molar-refractivity contribution in [1.29, 1.82) is 0 Å². The number of rotatable bonds is 2. The Hall–Kier alpha value is -2.30.